The molecule has 76 valence electrons. The van der Waals surface area contributed by atoms with E-state index in [-0.39, 0.29) is 5.02 Å². The number of carboxylic acid groups (broad SMARTS) is 1. The first-order valence-corrected chi connectivity index (χ1v) is 4.23. The molecule has 1 atom stereocenters. The molecular weight excluding hydrogens is 211 g/mol. The van der Waals surface area contributed by atoms with Crippen LogP contribution in [0, 0.1) is 5.82 Å². The molecule has 1 aromatic carbocycles. The van der Waals surface area contributed by atoms with Crippen LogP contribution in [0.5, 0.6) is 0 Å². The SMILES string of the molecule is O=C(O)CC(O)c1ccc(F)c(Cl)c1. The first-order chi connectivity index (χ1) is 6.50. The van der Waals surface area contributed by atoms with Crippen molar-refractivity contribution in [3.05, 3.63) is 34.6 Å². The van der Waals surface area contributed by atoms with Crippen LogP contribution in [0.15, 0.2) is 18.2 Å². The fourth-order valence-corrected chi connectivity index (χ4v) is 1.19. The number of aliphatic carboxylic acids is 1. The van der Waals surface area contributed by atoms with Crippen LogP contribution in [-0.2, 0) is 4.79 Å². The number of aliphatic hydroxyl groups is 1. The van der Waals surface area contributed by atoms with E-state index in [0.717, 1.165) is 6.07 Å². The van der Waals surface area contributed by atoms with Gasteiger partial charge in [0.25, 0.3) is 0 Å². The number of carbonyl (C=O) groups is 1. The quantitative estimate of drug-likeness (QED) is 0.816. The van der Waals surface area contributed by atoms with E-state index < -0.39 is 24.3 Å². The molecule has 1 unspecified atom stereocenters. The molecule has 0 radical (unpaired) electrons. The molecule has 5 heteroatoms. The first-order valence-electron chi connectivity index (χ1n) is 3.85. The molecule has 14 heavy (non-hydrogen) atoms. The third kappa shape index (κ3) is 2.68. The molecule has 2 N–H and O–H groups in total. The van der Waals surface area contributed by atoms with Gasteiger partial charge in [-0.05, 0) is 17.7 Å². The van der Waals surface area contributed by atoms with Crippen molar-refractivity contribution in [1.29, 1.82) is 0 Å². The molecule has 0 aliphatic rings. The molecular formula is C9H8ClFO3. The van der Waals surface area contributed by atoms with E-state index in [1.165, 1.54) is 12.1 Å². The Bertz CT molecular complexity index is 354. The van der Waals surface area contributed by atoms with Gasteiger partial charge in [0, 0.05) is 0 Å². The summed E-state index contributed by atoms with van der Waals surface area (Å²) in [6, 6.07) is 3.60. The zero-order valence-electron chi connectivity index (χ0n) is 7.08. The Morgan fingerprint density at radius 1 is 1.57 bits per heavy atom. The van der Waals surface area contributed by atoms with Crippen LogP contribution >= 0.6 is 11.6 Å². The van der Waals surface area contributed by atoms with Crippen molar-refractivity contribution in [2.75, 3.05) is 0 Å². The van der Waals surface area contributed by atoms with Gasteiger partial charge < -0.3 is 10.2 Å². The van der Waals surface area contributed by atoms with Crippen molar-refractivity contribution in [3.8, 4) is 0 Å². The fraction of sp³-hybridized carbons (Fsp3) is 0.222. The Labute approximate surface area is 84.7 Å². The second-order valence-corrected chi connectivity index (χ2v) is 3.19. The van der Waals surface area contributed by atoms with E-state index in [9.17, 15) is 14.3 Å². The average Bonchev–Trinajstić information content (AvgIpc) is 2.08. The van der Waals surface area contributed by atoms with Crippen LogP contribution in [0.2, 0.25) is 5.02 Å². The number of aliphatic hydroxyl groups excluding tert-OH is 1. The summed E-state index contributed by atoms with van der Waals surface area (Å²) in [7, 11) is 0. The van der Waals surface area contributed by atoms with Crippen LogP contribution in [0.1, 0.15) is 18.1 Å². The summed E-state index contributed by atoms with van der Waals surface area (Å²) >= 11 is 5.46. The van der Waals surface area contributed by atoms with Gasteiger partial charge in [-0.1, -0.05) is 17.7 Å². The molecule has 1 aromatic rings. The minimum atomic E-state index is -1.16. The minimum Gasteiger partial charge on any atom is -0.481 e. The lowest BCUT2D eigenvalue weighted by Gasteiger charge is -2.08. The molecule has 0 spiro atoms. The Balaban J connectivity index is 2.85. The van der Waals surface area contributed by atoms with Gasteiger partial charge in [0.2, 0.25) is 0 Å². The fourth-order valence-electron chi connectivity index (χ4n) is 1.00. The molecule has 0 saturated carbocycles. The van der Waals surface area contributed by atoms with E-state index in [4.69, 9.17) is 16.7 Å². The van der Waals surface area contributed by atoms with E-state index in [1.807, 2.05) is 0 Å². The normalized spacial score (nSPS) is 12.5. The average molecular weight is 219 g/mol. The zero-order valence-corrected chi connectivity index (χ0v) is 7.83. The molecule has 0 saturated heterocycles. The van der Waals surface area contributed by atoms with Crippen molar-refractivity contribution < 1.29 is 19.4 Å². The molecule has 0 aliphatic heterocycles. The minimum absolute atomic E-state index is 0.132. The van der Waals surface area contributed by atoms with Crippen LogP contribution < -0.4 is 0 Å². The maximum absolute atomic E-state index is 12.7. The van der Waals surface area contributed by atoms with Gasteiger partial charge in [0.05, 0.1) is 17.5 Å². The highest BCUT2D eigenvalue weighted by atomic mass is 35.5. The lowest BCUT2D eigenvalue weighted by atomic mass is 10.1. The molecule has 0 bridgehead atoms. The third-order valence-corrected chi connectivity index (χ3v) is 1.99. The summed E-state index contributed by atoms with van der Waals surface area (Å²) in [6.07, 6.45) is -1.59. The summed E-state index contributed by atoms with van der Waals surface area (Å²) in [6.45, 7) is 0. The number of hydrogen-bond acceptors (Lipinski definition) is 2. The first kappa shape index (κ1) is 10.9. The predicted molar refractivity (Wildman–Crippen MR) is 48.6 cm³/mol. The van der Waals surface area contributed by atoms with Gasteiger partial charge in [-0.15, -0.1) is 0 Å². The highest BCUT2D eigenvalue weighted by Crippen LogP contribution is 2.22. The van der Waals surface area contributed by atoms with Gasteiger partial charge in [-0.2, -0.15) is 0 Å². The summed E-state index contributed by atoms with van der Waals surface area (Å²) in [5, 5.41) is 17.6. The molecule has 1 rings (SSSR count). The number of halogens is 2. The van der Waals surface area contributed by atoms with E-state index in [0.29, 0.717) is 5.56 Å². The number of rotatable bonds is 3. The van der Waals surface area contributed by atoms with E-state index in [1.54, 1.807) is 0 Å². The van der Waals surface area contributed by atoms with Gasteiger partial charge in [-0.3, -0.25) is 4.79 Å². The number of benzene rings is 1. The maximum atomic E-state index is 12.7. The zero-order chi connectivity index (χ0) is 10.7. The third-order valence-electron chi connectivity index (χ3n) is 1.70. The monoisotopic (exact) mass is 218 g/mol. The number of carboxylic acids is 1. The topological polar surface area (TPSA) is 57.5 Å². The number of hydrogen-bond donors (Lipinski definition) is 2. The lowest BCUT2D eigenvalue weighted by molar-refractivity contribution is -0.139. The molecule has 0 aliphatic carbocycles. The van der Waals surface area contributed by atoms with Crippen molar-refractivity contribution >= 4 is 17.6 Å². The van der Waals surface area contributed by atoms with Crippen LogP contribution in [0.4, 0.5) is 4.39 Å². The molecule has 0 amide bonds. The maximum Gasteiger partial charge on any atom is 0.306 e. The molecule has 0 heterocycles. The van der Waals surface area contributed by atoms with Crippen molar-refractivity contribution in [2.24, 2.45) is 0 Å². The Hall–Kier alpha value is -1.13. The highest BCUT2D eigenvalue weighted by Gasteiger charge is 2.13. The van der Waals surface area contributed by atoms with Crippen molar-refractivity contribution in [2.45, 2.75) is 12.5 Å². The standard InChI is InChI=1S/C9H8ClFO3/c10-6-3-5(1-2-7(6)11)8(12)4-9(13)14/h1-3,8,12H,4H2,(H,13,14). The molecule has 0 aromatic heterocycles. The summed E-state index contributed by atoms with van der Waals surface area (Å²) < 4.78 is 12.7. The summed E-state index contributed by atoms with van der Waals surface area (Å²) in [5.41, 5.74) is 0.291. The molecule has 3 nitrogen and oxygen atoms in total. The Morgan fingerprint density at radius 3 is 2.71 bits per heavy atom. The predicted octanol–water partition coefficient (Wildman–Crippen LogP) is 1.99. The smallest absolute Gasteiger partial charge is 0.306 e. The van der Waals surface area contributed by atoms with Gasteiger partial charge >= 0.3 is 5.97 Å². The van der Waals surface area contributed by atoms with E-state index in [2.05, 4.69) is 0 Å². The Morgan fingerprint density at radius 2 is 2.21 bits per heavy atom. The second kappa shape index (κ2) is 4.39. The van der Waals surface area contributed by atoms with Crippen LogP contribution in [0.25, 0.3) is 0 Å². The highest BCUT2D eigenvalue weighted by molar-refractivity contribution is 6.30. The summed E-state index contributed by atoms with van der Waals surface area (Å²) in [5.74, 6) is -1.73. The lowest BCUT2D eigenvalue weighted by Crippen LogP contribution is -2.05. The largest absolute Gasteiger partial charge is 0.481 e. The molecule has 0 fully saturated rings. The van der Waals surface area contributed by atoms with Crippen molar-refractivity contribution in [1.82, 2.24) is 0 Å². The van der Waals surface area contributed by atoms with Crippen LogP contribution in [-0.4, -0.2) is 16.2 Å². The van der Waals surface area contributed by atoms with Gasteiger partial charge in [0.1, 0.15) is 5.82 Å². The summed E-state index contributed by atoms with van der Waals surface area (Å²) in [4.78, 5) is 10.3. The van der Waals surface area contributed by atoms with E-state index >= 15 is 0 Å². The van der Waals surface area contributed by atoms with Crippen LogP contribution in [0.3, 0.4) is 0 Å². The Kier molecular flexibility index (Phi) is 3.43. The van der Waals surface area contributed by atoms with Gasteiger partial charge in [0.15, 0.2) is 0 Å². The second-order valence-electron chi connectivity index (χ2n) is 2.79. The van der Waals surface area contributed by atoms with Crippen molar-refractivity contribution in [3.63, 3.8) is 0 Å². The van der Waals surface area contributed by atoms with Gasteiger partial charge in [-0.25, -0.2) is 4.39 Å².